The van der Waals surface area contributed by atoms with Gasteiger partial charge in [-0.3, -0.25) is 14.7 Å². The Bertz CT molecular complexity index is 635. The van der Waals surface area contributed by atoms with Crippen LogP contribution in [0.3, 0.4) is 0 Å². The molecule has 5 nitrogen and oxygen atoms in total. The van der Waals surface area contributed by atoms with Crippen molar-refractivity contribution in [1.82, 2.24) is 20.1 Å². The number of amides is 1. The molecule has 1 aromatic rings. The fraction of sp³-hybridized carbons (Fsp3) is 0.739. The number of nitrogens with one attached hydrogen (secondary N) is 1. The Kier molecular flexibility index (Phi) is 8.34. The first-order valence-corrected chi connectivity index (χ1v) is 11.3. The highest BCUT2D eigenvalue weighted by molar-refractivity contribution is 5.85. The molecule has 1 aromatic heterocycles. The molecule has 4 heterocycles. The lowest BCUT2D eigenvalue weighted by molar-refractivity contribution is -0.132. The van der Waals surface area contributed by atoms with Gasteiger partial charge in [0.15, 0.2) is 0 Å². The predicted molar refractivity (Wildman–Crippen MR) is 119 cm³/mol. The van der Waals surface area contributed by atoms with E-state index in [1.165, 1.54) is 37.9 Å². The van der Waals surface area contributed by atoms with Crippen molar-refractivity contribution in [3.05, 3.63) is 30.1 Å². The van der Waals surface area contributed by atoms with Crippen molar-refractivity contribution >= 4 is 18.3 Å². The highest BCUT2D eigenvalue weighted by Crippen LogP contribution is 2.31. The molecule has 3 atom stereocenters. The molecule has 6 heteroatoms. The quantitative estimate of drug-likeness (QED) is 0.766. The molecular formula is C23H37ClN4O. The van der Waals surface area contributed by atoms with Crippen LogP contribution < -0.4 is 5.32 Å². The molecule has 0 aliphatic carbocycles. The largest absolute Gasteiger partial charge is 0.343 e. The fourth-order valence-corrected chi connectivity index (χ4v) is 5.38. The van der Waals surface area contributed by atoms with Crippen molar-refractivity contribution in [3.63, 3.8) is 0 Å². The van der Waals surface area contributed by atoms with Gasteiger partial charge in [0, 0.05) is 57.6 Å². The first-order valence-electron chi connectivity index (χ1n) is 11.3. The maximum absolute atomic E-state index is 12.5. The number of pyridine rings is 1. The van der Waals surface area contributed by atoms with E-state index in [4.69, 9.17) is 0 Å². The van der Waals surface area contributed by atoms with E-state index in [0.717, 1.165) is 63.2 Å². The second-order valence-corrected chi connectivity index (χ2v) is 9.39. The number of fused-ring (bicyclic) bond motifs is 2. The van der Waals surface area contributed by atoms with Crippen LogP contribution >= 0.6 is 12.4 Å². The number of nitrogens with zero attached hydrogens (tertiary/aromatic N) is 3. The molecule has 0 unspecified atom stereocenters. The summed E-state index contributed by atoms with van der Waals surface area (Å²) in [4.78, 5) is 21.5. The molecule has 2 bridgehead atoms. The van der Waals surface area contributed by atoms with E-state index in [0.29, 0.717) is 11.9 Å². The topological polar surface area (TPSA) is 48.5 Å². The summed E-state index contributed by atoms with van der Waals surface area (Å²) < 4.78 is 0. The van der Waals surface area contributed by atoms with Crippen molar-refractivity contribution in [2.24, 2.45) is 17.8 Å². The molecular weight excluding hydrogens is 384 g/mol. The zero-order chi connectivity index (χ0) is 19.3. The van der Waals surface area contributed by atoms with Crippen LogP contribution in [-0.2, 0) is 11.3 Å². The molecule has 1 amide bonds. The van der Waals surface area contributed by atoms with Crippen molar-refractivity contribution in [2.45, 2.75) is 58.0 Å². The summed E-state index contributed by atoms with van der Waals surface area (Å²) in [6, 6.07) is 4.78. The van der Waals surface area contributed by atoms with Crippen molar-refractivity contribution in [2.75, 3.05) is 32.7 Å². The molecule has 0 aromatic carbocycles. The molecule has 1 N–H and O–H groups in total. The molecule has 3 aliphatic heterocycles. The average molecular weight is 421 g/mol. The van der Waals surface area contributed by atoms with Crippen molar-refractivity contribution in [1.29, 1.82) is 0 Å². The Labute approximate surface area is 182 Å². The zero-order valence-electron chi connectivity index (χ0n) is 17.8. The molecule has 3 fully saturated rings. The van der Waals surface area contributed by atoms with Crippen LogP contribution in [0.4, 0.5) is 0 Å². The first-order chi connectivity index (χ1) is 13.7. The molecule has 4 rings (SSSR count). The van der Waals surface area contributed by atoms with E-state index in [-0.39, 0.29) is 12.4 Å². The minimum absolute atomic E-state index is 0. The first kappa shape index (κ1) is 22.5. The second kappa shape index (κ2) is 10.7. The van der Waals surface area contributed by atoms with E-state index in [2.05, 4.69) is 33.1 Å². The SMILES string of the molecule is CC1CCN(C(=O)CCC[C@H]2NC[C@@H]3C[C@@H]2CN(Cc2cccnc2)C3)CC1.Cl. The normalized spacial score (nSPS) is 28.0. The lowest BCUT2D eigenvalue weighted by atomic mass is 9.79. The van der Waals surface area contributed by atoms with Gasteiger partial charge in [0.05, 0.1) is 0 Å². The summed E-state index contributed by atoms with van der Waals surface area (Å²) in [6.07, 6.45) is 10.4. The Morgan fingerprint density at radius 2 is 2.10 bits per heavy atom. The van der Waals surface area contributed by atoms with Gasteiger partial charge in [-0.2, -0.15) is 0 Å². The van der Waals surface area contributed by atoms with Gasteiger partial charge in [-0.1, -0.05) is 13.0 Å². The number of likely N-dealkylation sites (tertiary alicyclic amines) is 2. The fourth-order valence-electron chi connectivity index (χ4n) is 5.38. The lowest BCUT2D eigenvalue weighted by Crippen LogP contribution is -2.55. The van der Waals surface area contributed by atoms with Crippen LogP contribution in [0.1, 0.15) is 51.0 Å². The number of piperidine rings is 3. The predicted octanol–water partition coefficient (Wildman–Crippen LogP) is 3.34. The van der Waals surface area contributed by atoms with Gasteiger partial charge in [-0.25, -0.2) is 0 Å². The highest BCUT2D eigenvalue weighted by Gasteiger charge is 2.36. The smallest absolute Gasteiger partial charge is 0.222 e. The molecule has 3 aliphatic rings. The summed E-state index contributed by atoms with van der Waals surface area (Å²) in [5, 5.41) is 3.80. The number of hydrogen-bond donors (Lipinski definition) is 1. The second-order valence-electron chi connectivity index (χ2n) is 9.39. The van der Waals surface area contributed by atoms with Gasteiger partial charge in [-0.05, 0) is 68.0 Å². The van der Waals surface area contributed by atoms with Crippen LogP contribution in [0.15, 0.2) is 24.5 Å². The Morgan fingerprint density at radius 1 is 1.28 bits per heavy atom. The Balaban J connectivity index is 0.00000240. The Hall–Kier alpha value is -1.17. The van der Waals surface area contributed by atoms with Crippen LogP contribution in [-0.4, -0.2) is 59.5 Å². The molecule has 3 saturated heterocycles. The standard InChI is InChI=1S/C23H36N4O.ClH/c1-18-7-10-27(11-8-18)23(28)6-2-5-22-21-12-20(14-25-22)16-26(17-21)15-19-4-3-9-24-13-19;/h3-4,9,13,18,20-22,25H,2,5-8,10-12,14-17H2,1H3;1H/t20-,21+,22+;/m0./s1. The summed E-state index contributed by atoms with van der Waals surface area (Å²) in [5.74, 6) is 2.64. The number of rotatable bonds is 6. The Morgan fingerprint density at radius 3 is 2.86 bits per heavy atom. The molecule has 162 valence electrons. The average Bonchev–Trinajstić information content (AvgIpc) is 2.71. The minimum Gasteiger partial charge on any atom is -0.343 e. The molecule has 0 saturated carbocycles. The van der Waals surface area contributed by atoms with Crippen LogP contribution in [0.5, 0.6) is 0 Å². The number of carbonyl (C=O) groups is 1. The van der Waals surface area contributed by atoms with Gasteiger partial charge >= 0.3 is 0 Å². The molecule has 0 spiro atoms. The maximum Gasteiger partial charge on any atom is 0.222 e. The van der Waals surface area contributed by atoms with Gasteiger partial charge in [0.2, 0.25) is 5.91 Å². The monoisotopic (exact) mass is 420 g/mol. The van der Waals surface area contributed by atoms with E-state index in [1.54, 1.807) is 0 Å². The number of hydrogen-bond acceptors (Lipinski definition) is 4. The van der Waals surface area contributed by atoms with Gasteiger partial charge in [-0.15, -0.1) is 12.4 Å². The zero-order valence-corrected chi connectivity index (χ0v) is 18.6. The van der Waals surface area contributed by atoms with Gasteiger partial charge < -0.3 is 10.2 Å². The molecule has 29 heavy (non-hydrogen) atoms. The lowest BCUT2D eigenvalue weighted by Gasteiger charge is -2.46. The van der Waals surface area contributed by atoms with E-state index in [1.807, 2.05) is 18.5 Å². The van der Waals surface area contributed by atoms with E-state index < -0.39 is 0 Å². The van der Waals surface area contributed by atoms with Crippen LogP contribution in [0.2, 0.25) is 0 Å². The number of halogens is 1. The van der Waals surface area contributed by atoms with Gasteiger partial charge in [0.1, 0.15) is 0 Å². The molecule has 0 radical (unpaired) electrons. The van der Waals surface area contributed by atoms with E-state index in [9.17, 15) is 4.79 Å². The summed E-state index contributed by atoms with van der Waals surface area (Å²) in [7, 11) is 0. The number of carbonyl (C=O) groups excluding carboxylic acids is 1. The number of aromatic nitrogens is 1. The highest BCUT2D eigenvalue weighted by atomic mass is 35.5. The third-order valence-corrected chi connectivity index (χ3v) is 7.05. The third-order valence-electron chi connectivity index (χ3n) is 7.05. The summed E-state index contributed by atoms with van der Waals surface area (Å²) >= 11 is 0. The van der Waals surface area contributed by atoms with Crippen LogP contribution in [0.25, 0.3) is 0 Å². The van der Waals surface area contributed by atoms with Crippen molar-refractivity contribution < 1.29 is 4.79 Å². The maximum atomic E-state index is 12.5. The van der Waals surface area contributed by atoms with Gasteiger partial charge in [0.25, 0.3) is 0 Å². The van der Waals surface area contributed by atoms with Crippen molar-refractivity contribution in [3.8, 4) is 0 Å². The third kappa shape index (κ3) is 6.16. The van der Waals surface area contributed by atoms with Crippen LogP contribution in [0, 0.1) is 17.8 Å². The minimum atomic E-state index is 0. The summed E-state index contributed by atoms with van der Waals surface area (Å²) in [6.45, 7) is 8.73. The summed E-state index contributed by atoms with van der Waals surface area (Å²) in [5.41, 5.74) is 1.31. The van der Waals surface area contributed by atoms with E-state index >= 15 is 0 Å².